The summed E-state index contributed by atoms with van der Waals surface area (Å²) in [7, 11) is 0. The van der Waals surface area contributed by atoms with Crippen molar-refractivity contribution in [1.82, 2.24) is 10.3 Å². The van der Waals surface area contributed by atoms with E-state index in [2.05, 4.69) is 23.3 Å². The number of ether oxygens (including phenoxy) is 2. The van der Waals surface area contributed by atoms with Crippen LogP contribution in [0.15, 0.2) is 18.3 Å². The Hall–Kier alpha value is -1.13. The molecule has 1 aliphatic rings. The highest BCUT2D eigenvalue weighted by Crippen LogP contribution is 2.14. The lowest BCUT2D eigenvalue weighted by Gasteiger charge is -2.11. The number of hydrogen-bond donors (Lipinski definition) is 1. The molecule has 1 atom stereocenters. The van der Waals surface area contributed by atoms with Crippen LogP contribution in [0.2, 0.25) is 0 Å². The first-order valence-corrected chi connectivity index (χ1v) is 6.78. The van der Waals surface area contributed by atoms with Crippen molar-refractivity contribution in [1.29, 1.82) is 0 Å². The summed E-state index contributed by atoms with van der Waals surface area (Å²) in [6.45, 7) is 5.54. The van der Waals surface area contributed by atoms with Crippen molar-refractivity contribution in [3.05, 3.63) is 23.9 Å². The van der Waals surface area contributed by atoms with Gasteiger partial charge in [-0.25, -0.2) is 4.98 Å². The molecular weight excluding hydrogens is 228 g/mol. The first kappa shape index (κ1) is 13.3. The minimum Gasteiger partial charge on any atom is -0.475 e. The number of hydrogen-bond acceptors (Lipinski definition) is 4. The first-order valence-electron chi connectivity index (χ1n) is 6.78. The second-order valence-electron chi connectivity index (χ2n) is 4.63. The molecule has 18 heavy (non-hydrogen) atoms. The minimum atomic E-state index is 0.248. The van der Waals surface area contributed by atoms with Gasteiger partial charge in [-0.05, 0) is 31.4 Å². The van der Waals surface area contributed by atoms with Gasteiger partial charge in [0.25, 0.3) is 0 Å². The van der Waals surface area contributed by atoms with Crippen LogP contribution < -0.4 is 10.1 Å². The molecule has 2 rings (SSSR count). The predicted octanol–water partition coefficient (Wildman–Crippen LogP) is 2.14. The molecule has 0 bridgehead atoms. The van der Waals surface area contributed by atoms with Gasteiger partial charge < -0.3 is 14.8 Å². The molecule has 100 valence electrons. The van der Waals surface area contributed by atoms with Crippen molar-refractivity contribution in [2.45, 2.75) is 38.8 Å². The highest BCUT2D eigenvalue weighted by Gasteiger charge is 2.16. The molecule has 1 saturated heterocycles. The van der Waals surface area contributed by atoms with E-state index in [-0.39, 0.29) is 6.10 Å². The fourth-order valence-electron chi connectivity index (χ4n) is 1.96. The largest absolute Gasteiger partial charge is 0.475 e. The average Bonchev–Trinajstić information content (AvgIpc) is 2.91. The lowest BCUT2D eigenvalue weighted by Crippen LogP contribution is -2.17. The standard InChI is InChI=1S/C14H22N2O2/c1-2-7-15-9-12-5-6-14(16-10-12)18-11-13-4-3-8-17-13/h5-6,10,13,15H,2-4,7-9,11H2,1H3. The Kier molecular flexibility index (Phi) is 5.42. The van der Waals surface area contributed by atoms with Crippen LogP contribution in [0.3, 0.4) is 0 Å². The quantitative estimate of drug-likeness (QED) is 0.753. The van der Waals surface area contributed by atoms with Gasteiger partial charge in [0.2, 0.25) is 5.88 Å². The molecule has 4 heteroatoms. The van der Waals surface area contributed by atoms with Gasteiger partial charge in [0, 0.05) is 25.4 Å². The first-order chi connectivity index (χ1) is 8.88. The molecule has 1 N–H and O–H groups in total. The molecule has 0 saturated carbocycles. The van der Waals surface area contributed by atoms with E-state index in [1.165, 1.54) is 5.56 Å². The summed E-state index contributed by atoms with van der Waals surface area (Å²) in [6, 6.07) is 3.98. The van der Waals surface area contributed by atoms with Crippen molar-refractivity contribution >= 4 is 0 Å². The highest BCUT2D eigenvalue weighted by atomic mass is 16.5. The smallest absolute Gasteiger partial charge is 0.213 e. The monoisotopic (exact) mass is 250 g/mol. The molecule has 0 spiro atoms. The van der Waals surface area contributed by atoms with E-state index in [9.17, 15) is 0 Å². The third kappa shape index (κ3) is 4.27. The number of rotatable bonds is 7. The number of aromatic nitrogens is 1. The maximum Gasteiger partial charge on any atom is 0.213 e. The van der Waals surface area contributed by atoms with Crippen LogP contribution in [0.1, 0.15) is 31.7 Å². The van der Waals surface area contributed by atoms with Gasteiger partial charge in [0.1, 0.15) is 6.61 Å². The Morgan fingerprint density at radius 1 is 1.50 bits per heavy atom. The number of pyridine rings is 1. The van der Waals surface area contributed by atoms with E-state index in [4.69, 9.17) is 9.47 Å². The molecule has 1 unspecified atom stereocenters. The van der Waals surface area contributed by atoms with Crippen LogP contribution >= 0.6 is 0 Å². The highest BCUT2D eigenvalue weighted by molar-refractivity contribution is 5.17. The molecule has 0 aliphatic carbocycles. The molecule has 0 radical (unpaired) electrons. The van der Waals surface area contributed by atoms with Gasteiger partial charge in [-0.2, -0.15) is 0 Å². The fourth-order valence-corrected chi connectivity index (χ4v) is 1.96. The van der Waals surface area contributed by atoms with E-state index in [1.807, 2.05) is 12.3 Å². The van der Waals surface area contributed by atoms with Gasteiger partial charge in [-0.1, -0.05) is 13.0 Å². The van der Waals surface area contributed by atoms with E-state index < -0.39 is 0 Å². The van der Waals surface area contributed by atoms with E-state index in [0.717, 1.165) is 39.0 Å². The summed E-state index contributed by atoms with van der Waals surface area (Å²) in [4.78, 5) is 4.30. The maximum atomic E-state index is 5.61. The van der Waals surface area contributed by atoms with E-state index in [1.54, 1.807) is 0 Å². The van der Waals surface area contributed by atoms with Crippen LogP contribution in [0.25, 0.3) is 0 Å². The third-order valence-electron chi connectivity index (χ3n) is 2.99. The second kappa shape index (κ2) is 7.34. The lowest BCUT2D eigenvalue weighted by molar-refractivity contribution is 0.0663. The Morgan fingerprint density at radius 3 is 3.11 bits per heavy atom. The summed E-state index contributed by atoms with van der Waals surface area (Å²) in [5, 5.41) is 3.35. The minimum absolute atomic E-state index is 0.248. The zero-order chi connectivity index (χ0) is 12.6. The lowest BCUT2D eigenvalue weighted by atomic mass is 10.2. The molecule has 2 heterocycles. The molecule has 1 aromatic heterocycles. The van der Waals surface area contributed by atoms with Crippen molar-refractivity contribution in [2.75, 3.05) is 19.8 Å². The zero-order valence-electron chi connectivity index (χ0n) is 11.0. The molecule has 0 aromatic carbocycles. The normalized spacial score (nSPS) is 19.1. The van der Waals surface area contributed by atoms with Crippen molar-refractivity contribution in [2.24, 2.45) is 0 Å². The molecule has 0 amide bonds. The molecule has 1 aliphatic heterocycles. The van der Waals surface area contributed by atoms with Gasteiger partial charge >= 0.3 is 0 Å². The van der Waals surface area contributed by atoms with Crippen LogP contribution in [0.5, 0.6) is 5.88 Å². The Morgan fingerprint density at radius 2 is 2.44 bits per heavy atom. The van der Waals surface area contributed by atoms with E-state index >= 15 is 0 Å². The molecular formula is C14H22N2O2. The molecule has 1 fully saturated rings. The summed E-state index contributed by atoms with van der Waals surface area (Å²) in [5.74, 6) is 0.685. The van der Waals surface area contributed by atoms with Crippen molar-refractivity contribution in [3.8, 4) is 5.88 Å². The number of nitrogens with one attached hydrogen (secondary N) is 1. The SMILES string of the molecule is CCCNCc1ccc(OCC2CCCO2)nc1. The summed E-state index contributed by atoms with van der Waals surface area (Å²) < 4.78 is 11.1. The van der Waals surface area contributed by atoms with Gasteiger partial charge in [-0.3, -0.25) is 0 Å². The van der Waals surface area contributed by atoms with Crippen molar-refractivity contribution < 1.29 is 9.47 Å². The van der Waals surface area contributed by atoms with E-state index in [0.29, 0.717) is 12.5 Å². The van der Waals surface area contributed by atoms with Gasteiger partial charge in [0.05, 0.1) is 6.10 Å². The zero-order valence-corrected chi connectivity index (χ0v) is 11.0. The van der Waals surface area contributed by atoms with Crippen LogP contribution in [-0.4, -0.2) is 30.8 Å². The predicted molar refractivity (Wildman–Crippen MR) is 70.7 cm³/mol. The average molecular weight is 250 g/mol. The van der Waals surface area contributed by atoms with Gasteiger partial charge in [0.15, 0.2) is 0 Å². The number of nitrogens with zero attached hydrogens (tertiary/aromatic N) is 1. The topological polar surface area (TPSA) is 43.4 Å². The summed E-state index contributed by atoms with van der Waals surface area (Å²) >= 11 is 0. The van der Waals surface area contributed by atoms with Gasteiger partial charge in [-0.15, -0.1) is 0 Å². The fraction of sp³-hybridized carbons (Fsp3) is 0.643. The summed E-state index contributed by atoms with van der Waals surface area (Å²) in [5.41, 5.74) is 1.19. The molecule has 4 nitrogen and oxygen atoms in total. The van der Waals surface area contributed by atoms with Crippen LogP contribution in [-0.2, 0) is 11.3 Å². The Balaban J connectivity index is 1.72. The van der Waals surface area contributed by atoms with Crippen molar-refractivity contribution in [3.63, 3.8) is 0 Å². The van der Waals surface area contributed by atoms with Crippen LogP contribution in [0, 0.1) is 0 Å². The molecule has 1 aromatic rings. The Bertz CT molecular complexity index is 334. The Labute approximate surface area is 109 Å². The van der Waals surface area contributed by atoms with Crippen LogP contribution in [0.4, 0.5) is 0 Å². The third-order valence-corrected chi connectivity index (χ3v) is 2.99. The summed E-state index contributed by atoms with van der Waals surface area (Å²) in [6.07, 6.45) is 5.50. The maximum absolute atomic E-state index is 5.61. The second-order valence-corrected chi connectivity index (χ2v) is 4.63.